The van der Waals surface area contributed by atoms with Crippen molar-refractivity contribution in [3.63, 3.8) is 0 Å². The van der Waals surface area contributed by atoms with Crippen LogP contribution in [0.2, 0.25) is 5.02 Å². The Morgan fingerprint density at radius 1 is 1.37 bits per heavy atom. The van der Waals surface area contributed by atoms with Gasteiger partial charge in [0.1, 0.15) is 0 Å². The van der Waals surface area contributed by atoms with Gasteiger partial charge in [0.25, 0.3) is 5.92 Å². The van der Waals surface area contributed by atoms with Gasteiger partial charge in [-0.05, 0) is 24.3 Å². The first kappa shape index (κ1) is 18.4. The molecule has 0 aliphatic heterocycles. The molecule has 0 heterocycles. The van der Waals surface area contributed by atoms with E-state index in [1.807, 2.05) is 0 Å². The smallest absolute Gasteiger partial charge is 0.277 e. The normalized spacial score (nSPS) is 10.7. The summed E-state index contributed by atoms with van der Waals surface area (Å²) in [6.45, 7) is -1.51. The summed E-state index contributed by atoms with van der Waals surface area (Å²) in [4.78, 5) is 12.2. The third-order valence-corrected chi connectivity index (χ3v) is 3.29. The van der Waals surface area contributed by atoms with Gasteiger partial charge in [-0.1, -0.05) is 11.6 Å². The van der Waals surface area contributed by atoms with Crippen molar-refractivity contribution in [3.8, 4) is 0 Å². The van der Waals surface area contributed by atoms with Gasteiger partial charge in [-0.25, -0.2) is 8.78 Å². The highest BCUT2D eigenvalue weighted by molar-refractivity contribution is 8.00. The molecule has 0 unspecified atom stereocenters. The molecule has 0 aliphatic carbocycles. The van der Waals surface area contributed by atoms with Crippen LogP contribution < -0.4 is 11.1 Å². The number of hydrogen-bond acceptors (Lipinski definition) is 3. The lowest BCUT2D eigenvalue weighted by Crippen LogP contribution is -2.42. The van der Waals surface area contributed by atoms with Crippen LogP contribution in [0.25, 0.3) is 0 Å². The average Bonchev–Trinajstić information content (AvgIpc) is 2.36. The fourth-order valence-electron chi connectivity index (χ4n) is 1.03. The minimum absolute atomic E-state index is 0. The van der Waals surface area contributed by atoms with E-state index in [0.717, 1.165) is 4.90 Å². The highest BCUT2D eigenvalue weighted by Gasteiger charge is 2.26. The fraction of sp³-hybridized carbons (Fsp3) is 0.364. The summed E-state index contributed by atoms with van der Waals surface area (Å²) in [5.74, 6) is -3.44. The Morgan fingerprint density at radius 3 is 2.47 bits per heavy atom. The van der Waals surface area contributed by atoms with Gasteiger partial charge in [-0.2, -0.15) is 0 Å². The number of benzene rings is 1. The molecule has 0 saturated heterocycles. The molecule has 0 bridgehead atoms. The van der Waals surface area contributed by atoms with Crippen LogP contribution in [0.15, 0.2) is 29.2 Å². The van der Waals surface area contributed by atoms with Gasteiger partial charge in [-0.3, -0.25) is 4.79 Å². The van der Waals surface area contributed by atoms with E-state index in [1.165, 1.54) is 11.8 Å². The molecule has 0 spiro atoms. The predicted molar refractivity (Wildman–Crippen MR) is 76.4 cm³/mol. The van der Waals surface area contributed by atoms with Crippen molar-refractivity contribution in [2.24, 2.45) is 5.73 Å². The molecule has 1 aromatic rings. The van der Waals surface area contributed by atoms with E-state index in [2.05, 4.69) is 5.32 Å². The van der Waals surface area contributed by atoms with Gasteiger partial charge < -0.3 is 11.1 Å². The zero-order valence-corrected chi connectivity index (χ0v) is 12.3. The largest absolute Gasteiger partial charge is 0.349 e. The van der Waals surface area contributed by atoms with E-state index in [-0.39, 0.29) is 18.2 Å². The van der Waals surface area contributed by atoms with E-state index >= 15 is 0 Å². The van der Waals surface area contributed by atoms with Crippen LogP contribution in [0.5, 0.6) is 0 Å². The number of amides is 1. The van der Waals surface area contributed by atoms with Crippen LogP contribution in [0.1, 0.15) is 0 Å². The zero-order valence-electron chi connectivity index (χ0n) is 9.87. The Morgan fingerprint density at radius 2 is 1.95 bits per heavy atom. The highest BCUT2D eigenvalue weighted by Crippen LogP contribution is 2.20. The van der Waals surface area contributed by atoms with Crippen molar-refractivity contribution >= 4 is 41.7 Å². The van der Waals surface area contributed by atoms with Gasteiger partial charge in [0.15, 0.2) is 0 Å². The number of carbonyl (C=O) groups is 1. The standard InChI is InChI=1S/C11H13ClF2N2OS.ClH/c12-8-1-3-9(4-2-8)18-5-10(17)16-7-11(13,14)6-15;/h1-4H,5-7,15H2,(H,16,17);1H. The summed E-state index contributed by atoms with van der Waals surface area (Å²) in [7, 11) is 0. The molecular formula is C11H14Cl2F2N2OS. The lowest BCUT2D eigenvalue weighted by atomic mass is 10.3. The molecule has 0 radical (unpaired) electrons. The summed E-state index contributed by atoms with van der Waals surface area (Å²) in [6, 6.07) is 6.91. The highest BCUT2D eigenvalue weighted by atomic mass is 35.5. The van der Waals surface area contributed by atoms with Gasteiger partial charge in [0.2, 0.25) is 5.91 Å². The van der Waals surface area contributed by atoms with Gasteiger partial charge in [0.05, 0.1) is 18.8 Å². The third-order valence-electron chi connectivity index (χ3n) is 2.03. The zero-order chi connectivity index (χ0) is 13.6. The van der Waals surface area contributed by atoms with E-state index in [1.54, 1.807) is 24.3 Å². The van der Waals surface area contributed by atoms with Gasteiger partial charge in [-0.15, -0.1) is 24.2 Å². The molecular weight excluding hydrogens is 317 g/mol. The molecule has 108 valence electrons. The number of carbonyl (C=O) groups excluding carboxylic acids is 1. The second-order valence-corrected chi connectivity index (χ2v) is 5.06. The average molecular weight is 331 g/mol. The Kier molecular flexibility index (Phi) is 8.33. The Labute approximate surface area is 125 Å². The molecule has 0 atom stereocenters. The van der Waals surface area contributed by atoms with Crippen LogP contribution in [-0.2, 0) is 4.79 Å². The molecule has 1 amide bonds. The van der Waals surface area contributed by atoms with Crippen molar-refractivity contribution in [3.05, 3.63) is 29.3 Å². The van der Waals surface area contributed by atoms with Crippen LogP contribution in [0.3, 0.4) is 0 Å². The fourth-order valence-corrected chi connectivity index (χ4v) is 1.89. The molecule has 0 fully saturated rings. The molecule has 1 rings (SSSR count). The Balaban J connectivity index is 0.00000324. The predicted octanol–water partition coefficient (Wildman–Crippen LogP) is 2.56. The van der Waals surface area contributed by atoms with Gasteiger partial charge in [0, 0.05) is 9.92 Å². The molecule has 1 aromatic carbocycles. The minimum Gasteiger partial charge on any atom is -0.349 e. The van der Waals surface area contributed by atoms with E-state index in [4.69, 9.17) is 17.3 Å². The van der Waals surface area contributed by atoms with Crippen LogP contribution in [0.4, 0.5) is 8.78 Å². The monoisotopic (exact) mass is 330 g/mol. The number of nitrogens with one attached hydrogen (secondary N) is 1. The minimum atomic E-state index is -3.05. The van der Waals surface area contributed by atoms with Crippen LogP contribution in [0, 0.1) is 0 Å². The number of halogens is 4. The van der Waals surface area contributed by atoms with E-state index in [0.29, 0.717) is 5.02 Å². The molecule has 0 saturated carbocycles. The lowest BCUT2D eigenvalue weighted by molar-refractivity contribution is -0.120. The Bertz CT molecular complexity index is 404. The molecule has 3 N–H and O–H groups in total. The summed E-state index contributed by atoms with van der Waals surface area (Å²) in [5.41, 5.74) is 4.85. The van der Waals surface area contributed by atoms with Gasteiger partial charge >= 0.3 is 0 Å². The number of rotatable bonds is 6. The quantitative estimate of drug-likeness (QED) is 0.788. The number of thioether (sulfide) groups is 1. The van der Waals surface area contributed by atoms with E-state index < -0.39 is 24.9 Å². The molecule has 3 nitrogen and oxygen atoms in total. The maximum absolute atomic E-state index is 12.8. The molecule has 0 aliphatic rings. The lowest BCUT2D eigenvalue weighted by Gasteiger charge is -2.14. The molecule has 0 aromatic heterocycles. The van der Waals surface area contributed by atoms with Crippen molar-refractivity contribution in [1.29, 1.82) is 0 Å². The molecule has 19 heavy (non-hydrogen) atoms. The topological polar surface area (TPSA) is 55.1 Å². The maximum Gasteiger partial charge on any atom is 0.277 e. The first-order chi connectivity index (χ1) is 8.43. The van der Waals surface area contributed by atoms with E-state index in [9.17, 15) is 13.6 Å². The van der Waals surface area contributed by atoms with Crippen molar-refractivity contribution in [1.82, 2.24) is 5.32 Å². The second-order valence-electron chi connectivity index (χ2n) is 3.58. The molecule has 8 heteroatoms. The van der Waals surface area contributed by atoms with Crippen LogP contribution in [-0.4, -0.2) is 30.7 Å². The summed E-state index contributed by atoms with van der Waals surface area (Å²) in [6.07, 6.45) is 0. The SMILES string of the molecule is Cl.NCC(F)(F)CNC(=O)CSc1ccc(Cl)cc1. The number of nitrogens with two attached hydrogens (primary N) is 1. The van der Waals surface area contributed by atoms with Crippen LogP contribution >= 0.6 is 35.8 Å². The second kappa shape index (κ2) is 8.58. The summed E-state index contributed by atoms with van der Waals surface area (Å²) < 4.78 is 25.5. The van der Waals surface area contributed by atoms with Crippen molar-refractivity contribution in [2.45, 2.75) is 10.8 Å². The van der Waals surface area contributed by atoms with Crippen molar-refractivity contribution in [2.75, 3.05) is 18.8 Å². The van der Waals surface area contributed by atoms with Crippen molar-refractivity contribution < 1.29 is 13.6 Å². The number of alkyl halides is 2. The summed E-state index contributed by atoms with van der Waals surface area (Å²) >= 11 is 6.96. The summed E-state index contributed by atoms with van der Waals surface area (Å²) in [5, 5.41) is 2.74. The number of hydrogen-bond donors (Lipinski definition) is 2. The third kappa shape index (κ3) is 7.57. The first-order valence-electron chi connectivity index (χ1n) is 5.16. The maximum atomic E-state index is 12.8. The first-order valence-corrected chi connectivity index (χ1v) is 6.52. The Hall–Kier alpha value is -0.560.